The maximum atomic E-state index is 6.49. The van der Waals surface area contributed by atoms with Crippen LogP contribution >= 0.6 is 11.6 Å². The Labute approximate surface area is 134 Å². The lowest BCUT2D eigenvalue weighted by Crippen LogP contribution is -2.16. The van der Waals surface area contributed by atoms with E-state index < -0.39 is 0 Å². The van der Waals surface area contributed by atoms with Crippen LogP contribution < -0.4 is 14.2 Å². The molecule has 0 atom stereocenters. The summed E-state index contributed by atoms with van der Waals surface area (Å²) in [5, 5.41) is 0.457. The first-order valence-electron chi connectivity index (χ1n) is 6.91. The fourth-order valence-corrected chi connectivity index (χ4v) is 2.73. The molecule has 1 aliphatic heterocycles. The van der Waals surface area contributed by atoms with Gasteiger partial charge in [-0.1, -0.05) is 24.3 Å². The van der Waals surface area contributed by atoms with Crippen LogP contribution in [0.5, 0.6) is 17.2 Å². The van der Waals surface area contributed by atoms with E-state index in [1.807, 2.05) is 13.0 Å². The van der Waals surface area contributed by atoms with E-state index in [4.69, 9.17) is 25.8 Å². The standard InChI is InChI=1S/C17H16ClNO3/c1-4-11-7-12(19-9-10(11)2)15-16(18)13(20-3)8-14-17(15)22-6-5-21-14/h4,7-9H,1,5-6H2,2-3H3. The number of rotatable bonds is 3. The Kier molecular flexibility index (Phi) is 3.94. The summed E-state index contributed by atoms with van der Waals surface area (Å²) in [5.41, 5.74) is 3.42. The molecule has 0 fully saturated rings. The largest absolute Gasteiger partial charge is 0.495 e. The number of hydrogen-bond acceptors (Lipinski definition) is 4. The zero-order valence-corrected chi connectivity index (χ0v) is 13.2. The van der Waals surface area contributed by atoms with Crippen molar-refractivity contribution in [2.24, 2.45) is 0 Å². The van der Waals surface area contributed by atoms with E-state index >= 15 is 0 Å². The van der Waals surface area contributed by atoms with Crippen molar-refractivity contribution >= 4 is 17.7 Å². The van der Waals surface area contributed by atoms with Crippen molar-refractivity contribution < 1.29 is 14.2 Å². The molecule has 5 heteroatoms. The second kappa shape index (κ2) is 5.89. The molecule has 0 spiro atoms. The lowest BCUT2D eigenvalue weighted by molar-refractivity contribution is 0.171. The molecule has 1 aliphatic rings. The van der Waals surface area contributed by atoms with Crippen LogP contribution in [0.25, 0.3) is 17.3 Å². The van der Waals surface area contributed by atoms with Gasteiger partial charge in [-0.15, -0.1) is 0 Å². The molecule has 1 aromatic carbocycles. The quantitative estimate of drug-likeness (QED) is 0.853. The molecule has 3 rings (SSSR count). The first-order valence-corrected chi connectivity index (χ1v) is 7.29. The molecule has 2 heterocycles. The third-order valence-corrected chi connectivity index (χ3v) is 3.95. The third-order valence-electron chi connectivity index (χ3n) is 3.58. The van der Waals surface area contributed by atoms with E-state index in [9.17, 15) is 0 Å². The first kappa shape index (κ1) is 14.7. The summed E-state index contributed by atoms with van der Waals surface area (Å²) >= 11 is 6.49. The van der Waals surface area contributed by atoms with Crippen molar-refractivity contribution in [2.45, 2.75) is 6.92 Å². The van der Waals surface area contributed by atoms with Gasteiger partial charge in [0.1, 0.15) is 19.0 Å². The highest BCUT2D eigenvalue weighted by Crippen LogP contribution is 2.48. The van der Waals surface area contributed by atoms with E-state index in [1.54, 1.807) is 25.4 Å². The Morgan fingerprint density at radius 2 is 2.09 bits per heavy atom. The second-order valence-corrected chi connectivity index (χ2v) is 5.30. The van der Waals surface area contributed by atoms with E-state index in [1.165, 1.54) is 0 Å². The Morgan fingerprint density at radius 3 is 2.82 bits per heavy atom. The van der Waals surface area contributed by atoms with E-state index in [0.717, 1.165) is 11.1 Å². The molecule has 0 aliphatic carbocycles. The van der Waals surface area contributed by atoms with Crippen LogP contribution in [0.3, 0.4) is 0 Å². The summed E-state index contributed by atoms with van der Waals surface area (Å²) in [5.74, 6) is 1.75. The fraction of sp³-hybridized carbons (Fsp3) is 0.235. The average molecular weight is 318 g/mol. The summed E-state index contributed by atoms with van der Waals surface area (Å²) in [4.78, 5) is 4.48. The molecule has 0 saturated carbocycles. The minimum atomic E-state index is 0.457. The van der Waals surface area contributed by atoms with Gasteiger partial charge < -0.3 is 14.2 Å². The highest BCUT2D eigenvalue weighted by atomic mass is 35.5. The predicted molar refractivity (Wildman–Crippen MR) is 87.1 cm³/mol. The Balaban J connectivity index is 2.27. The van der Waals surface area contributed by atoms with Crippen LogP contribution in [0, 0.1) is 6.92 Å². The first-order chi connectivity index (χ1) is 10.7. The van der Waals surface area contributed by atoms with Crippen LogP contribution in [-0.4, -0.2) is 25.3 Å². The number of nitrogens with zero attached hydrogens (tertiary/aromatic N) is 1. The minimum absolute atomic E-state index is 0.457. The minimum Gasteiger partial charge on any atom is -0.495 e. The lowest BCUT2D eigenvalue weighted by Gasteiger charge is -2.23. The number of pyridine rings is 1. The van der Waals surface area contributed by atoms with E-state index in [2.05, 4.69) is 11.6 Å². The Morgan fingerprint density at radius 1 is 1.32 bits per heavy atom. The smallest absolute Gasteiger partial charge is 0.172 e. The molecule has 2 aromatic rings. The summed E-state index contributed by atoms with van der Waals surface area (Å²) < 4.78 is 16.8. The van der Waals surface area contributed by atoms with Gasteiger partial charge in [0.25, 0.3) is 0 Å². The van der Waals surface area contributed by atoms with Gasteiger partial charge in [-0.2, -0.15) is 0 Å². The number of halogens is 1. The summed E-state index contributed by atoms with van der Waals surface area (Å²) in [6.45, 7) is 6.78. The number of hydrogen-bond donors (Lipinski definition) is 0. The molecule has 114 valence electrons. The molecular weight excluding hydrogens is 302 g/mol. The molecule has 0 bridgehead atoms. The fourth-order valence-electron chi connectivity index (χ4n) is 2.41. The monoisotopic (exact) mass is 317 g/mol. The number of ether oxygens (including phenoxy) is 3. The van der Waals surface area contributed by atoms with Gasteiger partial charge in [-0.05, 0) is 24.1 Å². The van der Waals surface area contributed by atoms with Gasteiger partial charge in [0.15, 0.2) is 11.5 Å². The van der Waals surface area contributed by atoms with Crippen molar-refractivity contribution in [1.82, 2.24) is 4.98 Å². The average Bonchev–Trinajstić information content (AvgIpc) is 2.55. The summed E-state index contributed by atoms with van der Waals surface area (Å²) in [6.07, 6.45) is 3.58. The Hall–Kier alpha value is -2.20. The lowest BCUT2D eigenvalue weighted by atomic mass is 10.0. The van der Waals surface area contributed by atoms with Gasteiger partial charge in [0, 0.05) is 12.3 Å². The maximum Gasteiger partial charge on any atom is 0.172 e. The van der Waals surface area contributed by atoms with Crippen LogP contribution in [0.1, 0.15) is 11.1 Å². The zero-order chi connectivity index (χ0) is 15.7. The van der Waals surface area contributed by atoms with Crippen LogP contribution in [-0.2, 0) is 0 Å². The molecule has 0 N–H and O–H groups in total. The molecule has 0 unspecified atom stereocenters. The topological polar surface area (TPSA) is 40.6 Å². The molecule has 4 nitrogen and oxygen atoms in total. The van der Waals surface area contributed by atoms with E-state index in [-0.39, 0.29) is 0 Å². The molecule has 0 amide bonds. The number of aromatic nitrogens is 1. The number of aryl methyl sites for hydroxylation is 1. The van der Waals surface area contributed by atoms with Gasteiger partial charge in [0.05, 0.1) is 23.4 Å². The van der Waals surface area contributed by atoms with Crippen molar-refractivity contribution in [3.8, 4) is 28.5 Å². The molecule has 0 saturated heterocycles. The normalized spacial score (nSPS) is 12.9. The van der Waals surface area contributed by atoms with Crippen LogP contribution in [0.2, 0.25) is 5.02 Å². The maximum absolute atomic E-state index is 6.49. The molecule has 0 radical (unpaired) electrons. The number of benzene rings is 1. The van der Waals surface area contributed by atoms with Gasteiger partial charge >= 0.3 is 0 Å². The van der Waals surface area contributed by atoms with Gasteiger partial charge in [-0.25, -0.2) is 0 Å². The highest BCUT2D eigenvalue weighted by molar-refractivity contribution is 6.35. The SMILES string of the molecule is C=Cc1cc(-c2c(Cl)c(OC)cc3c2OCCO3)ncc1C. The van der Waals surface area contributed by atoms with Crippen LogP contribution in [0.15, 0.2) is 24.9 Å². The zero-order valence-electron chi connectivity index (χ0n) is 12.5. The third kappa shape index (κ3) is 2.40. The predicted octanol–water partition coefficient (Wildman–Crippen LogP) is 4.13. The molecule has 22 heavy (non-hydrogen) atoms. The second-order valence-electron chi connectivity index (χ2n) is 4.92. The summed E-state index contributed by atoms with van der Waals surface area (Å²) in [7, 11) is 1.57. The number of methoxy groups -OCH3 is 1. The van der Waals surface area contributed by atoms with E-state index in [0.29, 0.717) is 46.7 Å². The Bertz CT molecular complexity index is 743. The molecular formula is C17H16ClNO3. The molecule has 1 aromatic heterocycles. The summed E-state index contributed by atoms with van der Waals surface area (Å²) in [6, 6.07) is 3.67. The van der Waals surface area contributed by atoms with Gasteiger partial charge in [-0.3, -0.25) is 4.98 Å². The highest BCUT2D eigenvalue weighted by Gasteiger charge is 2.25. The van der Waals surface area contributed by atoms with Crippen molar-refractivity contribution in [3.05, 3.63) is 41.1 Å². The van der Waals surface area contributed by atoms with Crippen molar-refractivity contribution in [2.75, 3.05) is 20.3 Å². The van der Waals surface area contributed by atoms with Crippen LogP contribution in [0.4, 0.5) is 0 Å². The van der Waals surface area contributed by atoms with Gasteiger partial charge in [0.2, 0.25) is 0 Å². The van der Waals surface area contributed by atoms with Crippen molar-refractivity contribution in [1.29, 1.82) is 0 Å². The van der Waals surface area contributed by atoms with Crippen molar-refractivity contribution in [3.63, 3.8) is 0 Å². The number of fused-ring (bicyclic) bond motifs is 1.